The van der Waals surface area contributed by atoms with Crippen molar-refractivity contribution in [2.24, 2.45) is 0 Å². The van der Waals surface area contributed by atoms with Crippen molar-refractivity contribution in [1.29, 1.82) is 0 Å². The number of oxazole rings is 1. The molecule has 0 spiro atoms. The lowest BCUT2D eigenvalue weighted by atomic mass is 9.98. The Hall–Kier alpha value is -0.870. The Labute approximate surface area is 76.5 Å². The molecule has 1 aromatic heterocycles. The second kappa shape index (κ2) is 3.47. The minimum absolute atomic E-state index is 0.0605. The Morgan fingerprint density at radius 3 is 3.15 bits per heavy atom. The van der Waals surface area contributed by atoms with E-state index in [0.29, 0.717) is 5.69 Å². The zero-order valence-electron chi connectivity index (χ0n) is 7.56. The maximum Gasteiger partial charge on any atom is 0.181 e. The number of rotatable bonds is 2. The highest BCUT2D eigenvalue weighted by atomic mass is 16.5. The Kier molecular flexibility index (Phi) is 2.33. The highest BCUT2D eigenvalue weighted by molar-refractivity contribution is 5.14. The van der Waals surface area contributed by atoms with Crippen molar-refractivity contribution in [3.63, 3.8) is 0 Å². The van der Waals surface area contributed by atoms with Crippen molar-refractivity contribution in [2.75, 3.05) is 6.61 Å². The van der Waals surface area contributed by atoms with Gasteiger partial charge < -0.3 is 14.3 Å². The molecule has 1 aromatic rings. The first-order valence-electron chi connectivity index (χ1n) is 4.47. The quantitative estimate of drug-likeness (QED) is 0.744. The van der Waals surface area contributed by atoms with E-state index in [0.717, 1.165) is 18.8 Å². The second-order valence-electron chi connectivity index (χ2n) is 3.29. The lowest BCUT2D eigenvalue weighted by Crippen LogP contribution is -2.10. The van der Waals surface area contributed by atoms with Crippen LogP contribution in [0.2, 0.25) is 0 Å². The van der Waals surface area contributed by atoms with Crippen LogP contribution in [0.3, 0.4) is 0 Å². The summed E-state index contributed by atoms with van der Waals surface area (Å²) in [6.45, 7) is 2.72. The number of hydrogen-bond donors (Lipinski definition) is 1. The molecular weight excluding hydrogens is 170 g/mol. The Bertz CT molecular complexity index is 284. The zero-order valence-corrected chi connectivity index (χ0v) is 7.56. The molecule has 1 saturated heterocycles. The fourth-order valence-corrected chi connectivity index (χ4v) is 1.77. The van der Waals surface area contributed by atoms with Gasteiger partial charge in [-0.1, -0.05) is 0 Å². The van der Waals surface area contributed by atoms with Crippen molar-refractivity contribution in [1.82, 2.24) is 4.98 Å². The lowest BCUT2D eigenvalue weighted by Gasteiger charge is -2.11. The first kappa shape index (κ1) is 8.72. The number of hydrogen-bond acceptors (Lipinski definition) is 4. The first-order chi connectivity index (χ1) is 6.33. The van der Waals surface area contributed by atoms with Gasteiger partial charge >= 0.3 is 0 Å². The Morgan fingerprint density at radius 1 is 1.69 bits per heavy atom. The van der Waals surface area contributed by atoms with Gasteiger partial charge in [0, 0.05) is 12.5 Å². The van der Waals surface area contributed by atoms with Gasteiger partial charge in [0.2, 0.25) is 0 Å². The molecule has 13 heavy (non-hydrogen) atoms. The van der Waals surface area contributed by atoms with Crippen molar-refractivity contribution >= 4 is 0 Å². The molecule has 1 fully saturated rings. The van der Waals surface area contributed by atoms with Crippen LogP contribution in [0, 0.1) is 0 Å². The van der Waals surface area contributed by atoms with Gasteiger partial charge in [0.25, 0.3) is 0 Å². The first-order valence-corrected chi connectivity index (χ1v) is 4.47. The van der Waals surface area contributed by atoms with E-state index in [1.54, 1.807) is 0 Å². The number of ether oxygens (including phenoxy) is 1. The molecule has 2 heterocycles. The summed E-state index contributed by atoms with van der Waals surface area (Å²) < 4.78 is 10.7. The third-order valence-electron chi connectivity index (χ3n) is 2.54. The smallest absolute Gasteiger partial charge is 0.181 e. The molecule has 72 valence electrons. The van der Waals surface area contributed by atoms with Gasteiger partial charge in [-0.15, -0.1) is 0 Å². The second-order valence-corrected chi connectivity index (χ2v) is 3.29. The summed E-state index contributed by atoms with van der Waals surface area (Å²) in [6.07, 6.45) is 2.49. The molecule has 2 rings (SSSR count). The van der Waals surface area contributed by atoms with Crippen LogP contribution in [0.25, 0.3) is 0 Å². The summed E-state index contributed by atoms with van der Waals surface area (Å²) in [5, 5.41) is 8.99. The maximum absolute atomic E-state index is 8.99. The van der Waals surface area contributed by atoms with Crippen LogP contribution < -0.4 is 0 Å². The van der Waals surface area contributed by atoms with E-state index < -0.39 is 0 Å². The molecular formula is C9H13NO3. The minimum Gasteiger partial charge on any atom is -0.448 e. The molecule has 0 radical (unpaired) electrons. The number of aliphatic hydroxyl groups is 1. The van der Waals surface area contributed by atoms with Crippen LogP contribution >= 0.6 is 0 Å². The summed E-state index contributed by atoms with van der Waals surface area (Å²) in [7, 11) is 0. The SMILES string of the molecule is CC1OCCC1c1ocnc1CO. The molecule has 2 unspecified atom stereocenters. The van der Waals surface area contributed by atoms with Gasteiger partial charge in [0.15, 0.2) is 6.39 Å². The monoisotopic (exact) mass is 183 g/mol. The fraction of sp³-hybridized carbons (Fsp3) is 0.667. The molecule has 0 saturated carbocycles. The summed E-state index contributed by atoms with van der Waals surface area (Å²) in [4.78, 5) is 3.94. The molecule has 1 aliphatic rings. The van der Waals surface area contributed by atoms with Gasteiger partial charge in [0.1, 0.15) is 11.5 Å². The third-order valence-corrected chi connectivity index (χ3v) is 2.54. The Morgan fingerprint density at radius 2 is 2.54 bits per heavy atom. The minimum atomic E-state index is -0.0605. The number of aromatic nitrogens is 1. The van der Waals surface area contributed by atoms with Crippen molar-refractivity contribution < 1.29 is 14.3 Å². The van der Waals surface area contributed by atoms with E-state index in [4.69, 9.17) is 14.3 Å². The molecule has 0 bridgehead atoms. The number of aliphatic hydroxyl groups excluding tert-OH is 1. The Balaban J connectivity index is 2.23. The van der Waals surface area contributed by atoms with Crippen LogP contribution in [0.4, 0.5) is 0 Å². The standard InChI is InChI=1S/C9H13NO3/c1-6-7(2-3-12-6)9-8(4-11)10-5-13-9/h5-7,11H,2-4H2,1H3. The van der Waals surface area contributed by atoms with Crippen LogP contribution in [0.1, 0.15) is 30.7 Å². The van der Waals surface area contributed by atoms with E-state index in [1.165, 1.54) is 6.39 Å². The molecule has 0 amide bonds. The lowest BCUT2D eigenvalue weighted by molar-refractivity contribution is 0.114. The zero-order chi connectivity index (χ0) is 9.26. The predicted molar refractivity (Wildman–Crippen MR) is 45.2 cm³/mol. The van der Waals surface area contributed by atoms with Crippen LogP contribution in [0.5, 0.6) is 0 Å². The van der Waals surface area contributed by atoms with E-state index in [9.17, 15) is 0 Å². The van der Waals surface area contributed by atoms with Crippen LogP contribution in [-0.4, -0.2) is 22.8 Å². The average molecular weight is 183 g/mol. The third kappa shape index (κ3) is 1.47. The van der Waals surface area contributed by atoms with E-state index in [2.05, 4.69) is 4.98 Å². The normalized spacial score (nSPS) is 28.2. The summed E-state index contributed by atoms with van der Waals surface area (Å²) in [5.74, 6) is 1.04. The summed E-state index contributed by atoms with van der Waals surface area (Å²) in [6, 6.07) is 0. The molecule has 4 nitrogen and oxygen atoms in total. The fourth-order valence-electron chi connectivity index (χ4n) is 1.77. The highest BCUT2D eigenvalue weighted by Gasteiger charge is 2.30. The van der Waals surface area contributed by atoms with E-state index in [-0.39, 0.29) is 18.6 Å². The predicted octanol–water partition coefficient (Wildman–Crippen LogP) is 1.06. The van der Waals surface area contributed by atoms with Gasteiger partial charge in [-0.05, 0) is 13.3 Å². The molecule has 1 aliphatic heterocycles. The molecule has 0 aromatic carbocycles. The topological polar surface area (TPSA) is 55.5 Å². The van der Waals surface area contributed by atoms with Crippen molar-refractivity contribution in [3.8, 4) is 0 Å². The van der Waals surface area contributed by atoms with Crippen molar-refractivity contribution in [3.05, 3.63) is 17.8 Å². The van der Waals surface area contributed by atoms with E-state index in [1.807, 2.05) is 6.92 Å². The van der Waals surface area contributed by atoms with Crippen molar-refractivity contribution in [2.45, 2.75) is 32.0 Å². The average Bonchev–Trinajstić information content (AvgIpc) is 2.71. The number of nitrogens with zero attached hydrogens (tertiary/aromatic N) is 1. The van der Waals surface area contributed by atoms with Gasteiger partial charge in [0.05, 0.1) is 12.7 Å². The van der Waals surface area contributed by atoms with Gasteiger partial charge in [-0.25, -0.2) is 4.98 Å². The largest absolute Gasteiger partial charge is 0.448 e. The molecule has 2 atom stereocenters. The van der Waals surface area contributed by atoms with Crippen LogP contribution in [0.15, 0.2) is 10.8 Å². The summed E-state index contributed by atoms with van der Waals surface area (Å²) in [5.41, 5.74) is 0.641. The van der Waals surface area contributed by atoms with Gasteiger partial charge in [-0.2, -0.15) is 0 Å². The van der Waals surface area contributed by atoms with Crippen LogP contribution in [-0.2, 0) is 11.3 Å². The maximum atomic E-state index is 8.99. The van der Waals surface area contributed by atoms with Gasteiger partial charge in [-0.3, -0.25) is 0 Å². The van der Waals surface area contributed by atoms with E-state index >= 15 is 0 Å². The molecule has 0 aliphatic carbocycles. The molecule has 4 heteroatoms. The highest BCUT2D eigenvalue weighted by Crippen LogP contribution is 2.32. The summed E-state index contributed by atoms with van der Waals surface area (Å²) >= 11 is 0. The molecule has 1 N–H and O–H groups in total.